The second-order valence-corrected chi connectivity index (χ2v) is 7.22. The zero-order chi connectivity index (χ0) is 16.2. The number of aryl methyl sites for hydroxylation is 1. The highest BCUT2D eigenvalue weighted by Crippen LogP contribution is 2.68. The smallest absolute Gasteiger partial charge is 0.347 e. The molecule has 0 atom stereocenters. The molecule has 0 aliphatic heterocycles. The molecule has 0 spiro atoms. The number of carbonyl (C=O) groups is 1. The van der Waals surface area contributed by atoms with Crippen molar-refractivity contribution in [2.45, 2.75) is 54.5 Å². The van der Waals surface area contributed by atoms with E-state index in [4.69, 9.17) is 5.11 Å². The first kappa shape index (κ1) is 15.7. The van der Waals surface area contributed by atoms with Crippen molar-refractivity contribution < 1.29 is 9.90 Å². The molecule has 1 N–H and O–H groups in total. The van der Waals surface area contributed by atoms with Gasteiger partial charge in [0.15, 0.2) is 0 Å². The first-order valence-electron chi connectivity index (χ1n) is 7.29. The van der Waals surface area contributed by atoms with Gasteiger partial charge in [-0.05, 0) is 30.6 Å². The van der Waals surface area contributed by atoms with E-state index in [1.165, 1.54) is 0 Å². The standard InChI is InChI=1S/C16H24N2O3/c1-9-11(7-13(19)20)10(2)18(14(21)17-9)8-12-15(3,4)16(12,5)6/h12H,7-8H2,1-6H3,(H,19,20). The lowest BCUT2D eigenvalue weighted by molar-refractivity contribution is -0.136. The highest BCUT2D eigenvalue weighted by Gasteiger charge is 2.64. The molecule has 5 nitrogen and oxygen atoms in total. The van der Waals surface area contributed by atoms with Gasteiger partial charge in [0.1, 0.15) is 0 Å². The monoisotopic (exact) mass is 292 g/mol. The Morgan fingerprint density at radius 2 is 1.76 bits per heavy atom. The van der Waals surface area contributed by atoms with E-state index in [0.29, 0.717) is 23.7 Å². The first-order valence-corrected chi connectivity index (χ1v) is 7.29. The Balaban J connectivity index is 2.42. The molecule has 0 aromatic carbocycles. The maximum atomic E-state index is 12.2. The van der Waals surface area contributed by atoms with Crippen molar-refractivity contribution in [2.75, 3.05) is 0 Å². The third-order valence-corrected chi connectivity index (χ3v) is 5.79. The fourth-order valence-electron chi connectivity index (χ4n) is 3.43. The van der Waals surface area contributed by atoms with Crippen LogP contribution < -0.4 is 5.69 Å². The number of carboxylic acids is 1. The van der Waals surface area contributed by atoms with Gasteiger partial charge in [-0.1, -0.05) is 27.7 Å². The number of hydrogen-bond acceptors (Lipinski definition) is 3. The molecule has 2 rings (SSSR count). The molecule has 21 heavy (non-hydrogen) atoms. The number of rotatable bonds is 4. The van der Waals surface area contributed by atoms with Gasteiger partial charge in [0.05, 0.1) is 6.42 Å². The molecule has 1 aliphatic carbocycles. The molecule has 5 heteroatoms. The van der Waals surface area contributed by atoms with Crippen molar-refractivity contribution in [1.29, 1.82) is 0 Å². The number of carboxylic acid groups (broad SMARTS) is 1. The molecule has 1 heterocycles. The molecule has 116 valence electrons. The molecule has 0 saturated heterocycles. The Bertz CT molecular complexity index is 642. The van der Waals surface area contributed by atoms with Crippen LogP contribution in [0.15, 0.2) is 4.79 Å². The Morgan fingerprint density at radius 1 is 1.24 bits per heavy atom. The average molecular weight is 292 g/mol. The van der Waals surface area contributed by atoms with Gasteiger partial charge in [0.2, 0.25) is 0 Å². The maximum Gasteiger partial charge on any atom is 0.347 e. The second-order valence-electron chi connectivity index (χ2n) is 7.22. The SMILES string of the molecule is Cc1nc(=O)n(CC2C(C)(C)C2(C)C)c(C)c1CC(=O)O. The van der Waals surface area contributed by atoms with Gasteiger partial charge in [-0.15, -0.1) is 0 Å². The maximum absolute atomic E-state index is 12.2. The van der Waals surface area contributed by atoms with Crippen LogP contribution in [0.5, 0.6) is 0 Å². The normalized spacial score (nSPS) is 19.5. The molecule has 0 amide bonds. The number of hydrogen-bond donors (Lipinski definition) is 1. The van der Waals surface area contributed by atoms with Crippen LogP contribution in [0.1, 0.15) is 44.6 Å². The van der Waals surface area contributed by atoms with Crippen LogP contribution >= 0.6 is 0 Å². The Hall–Kier alpha value is -1.65. The summed E-state index contributed by atoms with van der Waals surface area (Å²) in [6.45, 7) is 12.9. The van der Waals surface area contributed by atoms with Crippen LogP contribution in [0.2, 0.25) is 0 Å². The third kappa shape index (κ3) is 2.39. The average Bonchev–Trinajstić information content (AvgIpc) is 2.71. The van der Waals surface area contributed by atoms with Crippen LogP contribution in [-0.4, -0.2) is 20.6 Å². The van der Waals surface area contributed by atoms with E-state index in [1.807, 2.05) is 6.92 Å². The van der Waals surface area contributed by atoms with E-state index in [0.717, 1.165) is 5.69 Å². The minimum Gasteiger partial charge on any atom is -0.481 e. The second kappa shape index (κ2) is 4.68. The first-order chi connectivity index (χ1) is 9.50. The summed E-state index contributed by atoms with van der Waals surface area (Å²) in [5.41, 5.74) is 1.97. The van der Waals surface area contributed by atoms with Gasteiger partial charge >= 0.3 is 11.7 Å². The van der Waals surface area contributed by atoms with E-state index in [9.17, 15) is 9.59 Å². The number of aliphatic carboxylic acids is 1. The molecular weight excluding hydrogens is 268 g/mol. The van der Waals surface area contributed by atoms with Gasteiger partial charge in [0, 0.05) is 23.5 Å². The minimum atomic E-state index is -0.903. The lowest BCUT2D eigenvalue weighted by Crippen LogP contribution is -2.29. The predicted molar refractivity (Wildman–Crippen MR) is 80.4 cm³/mol. The topological polar surface area (TPSA) is 72.2 Å². The molecule has 0 radical (unpaired) electrons. The number of aromatic nitrogens is 2. The van der Waals surface area contributed by atoms with Crippen molar-refractivity contribution in [2.24, 2.45) is 16.7 Å². The zero-order valence-corrected chi connectivity index (χ0v) is 13.6. The van der Waals surface area contributed by atoms with Crippen molar-refractivity contribution in [1.82, 2.24) is 9.55 Å². The van der Waals surface area contributed by atoms with Crippen LogP contribution in [0.25, 0.3) is 0 Å². The summed E-state index contributed by atoms with van der Waals surface area (Å²) in [6.07, 6.45) is -0.0948. The van der Waals surface area contributed by atoms with Crippen molar-refractivity contribution >= 4 is 5.97 Å². The van der Waals surface area contributed by atoms with E-state index in [-0.39, 0.29) is 22.9 Å². The molecule has 0 unspecified atom stereocenters. The highest BCUT2D eigenvalue weighted by atomic mass is 16.4. The van der Waals surface area contributed by atoms with Gasteiger partial charge in [-0.3, -0.25) is 9.36 Å². The van der Waals surface area contributed by atoms with E-state index >= 15 is 0 Å². The number of nitrogens with zero attached hydrogens (tertiary/aromatic N) is 2. The summed E-state index contributed by atoms with van der Waals surface area (Å²) < 4.78 is 1.65. The van der Waals surface area contributed by atoms with Crippen molar-refractivity contribution in [3.8, 4) is 0 Å². The van der Waals surface area contributed by atoms with Crippen LogP contribution in [0.4, 0.5) is 0 Å². The molecule has 1 fully saturated rings. The Labute approximate surface area is 125 Å². The highest BCUT2D eigenvalue weighted by molar-refractivity contribution is 5.70. The van der Waals surface area contributed by atoms with E-state index in [1.54, 1.807) is 11.5 Å². The summed E-state index contributed by atoms with van der Waals surface area (Å²) >= 11 is 0. The van der Waals surface area contributed by atoms with Crippen molar-refractivity contribution in [3.05, 3.63) is 27.4 Å². The lowest BCUT2D eigenvalue weighted by Gasteiger charge is -2.15. The van der Waals surface area contributed by atoms with Gasteiger partial charge in [-0.2, -0.15) is 4.98 Å². The van der Waals surface area contributed by atoms with Gasteiger partial charge < -0.3 is 5.11 Å². The molecular formula is C16H24N2O3. The van der Waals surface area contributed by atoms with E-state index < -0.39 is 5.97 Å². The molecule has 0 bridgehead atoms. The quantitative estimate of drug-likeness (QED) is 0.923. The van der Waals surface area contributed by atoms with Crippen molar-refractivity contribution in [3.63, 3.8) is 0 Å². The van der Waals surface area contributed by atoms with Crippen LogP contribution in [0, 0.1) is 30.6 Å². The zero-order valence-electron chi connectivity index (χ0n) is 13.6. The predicted octanol–water partition coefficient (Wildman–Crippen LogP) is 2.17. The van der Waals surface area contributed by atoms with E-state index in [2.05, 4.69) is 32.7 Å². The fourth-order valence-corrected chi connectivity index (χ4v) is 3.43. The van der Waals surface area contributed by atoms with Gasteiger partial charge in [-0.25, -0.2) is 4.79 Å². The molecule has 1 aromatic rings. The summed E-state index contributed by atoms with van der Waals surface area (Å²) in [6, 6.07) is 0. The Kier molecular flexibility index (Phi) is 3.51. The fraction of sp³-hybridized carbons (Fsp3) is 0.688. The molecule has 1 aliphatic rings. The van der Waals surface area contributed by atoms with Crippen LogP contribution in [-0.2, 0) is 17.8 Å². The molecule has 1 aromatic heterocycles. The minimum absolute atomic E-state index is 0.0948. The molecule has 1 saturated carbocycles. The summed E-state index contributed by atoms with van der Waals surface area (Å²) in [7, 11) is 0. The largest absolute Gasteiger partial charge is 0.481 e. The Morgan fingerprint density at radius 3 is 2.19 bits per heavy atom. The van der Waals surface area contributed by atoms with Crippen LogP contribution in [0.3, 0.4) is 0 Å². The van der Waals surface area contributed by atoms with Gasteiger partial charge in [0.25, 0.3) is 0 Å². The summed E-state index contributed by atoms with van der Waals surface area (Å²) in [5.74, 6) is -0.510. The summed E-state index contributed by atoms with van der Waals surface area (Å²) in [5, 5.41) is 9.02. The third-order valence-electron chi connectivity index (χ3n) is 5.79. The summed E-state index contributed by atoms with van der Waals surface area (Å²) in [4.78, 5) is 27.2. The lowest BCUT2D eigenvalue weighted by atomic mass is 10.0.